The highest BCUT2D eigenvalue weighted by Gasteiger charge is 2.38. The van der Waals surface area contributed by atoms with Crippen LogP contribution in [-0.2, 0) is 4.79 Å². The molecule has 4 heterocycles. The second-order valence-corrected chi connectivity index (χ2v) is 11.8. The van der Waals surface area contributed by atoms with Crippen LogP contribution >= 0.6 is 0 Å². The van der Waals surface area contributed by atoms with Gasteiger partial charge in [-0.15, -0.1) is 0 Å². The third-order valence-electron chi connectivity index (χ3n) is 8.43. The van der Waals surface area contributed by atoms with E-state index in [1.165, 1.54) is 30.0 Å². The highest BCUT2D eigenvalue weighted by Crippen LogP contribution is 2.35. The number of nitrogens with one attached hydrogen (secondary N) is 1. The molecule has 0 radical (unpaired) electrons. The van der Waals surface area contributed by atoms with Crippen LogP contribution in [0.5, 0.6) is 0 Å². The summed E-state index contributed by atoms with van der Waals surface area (Å²) >= 11 is 0. The zero-order valence-electron chi connectivity index (χ0n) is 38.3. The van der Waals surface area contributed by atoms with Crippen LogP contribution < -0.4 is 5.32 Å². The van der Waals surface area contributed by atoms with Crippen molar-refractivity contribution in [3.05, 3.63) is 59.3 Å². The average molecular weight is 604 g/mol. The summed E-state index contributed by atoms with van der Waals surface area (Å²) in [4.78, 5) is 47.5. The summed E-state index contributed by atoms with van der Waals surface area (Å²) in [5.41, 5.74) is -1.16. The monoisotopic (exact) mass is 603 g/mol. The Hall–Kier alpha value is -3.59. The number of nitrogens with zero attached hydrogens (tertiary/aromatic N) is 4. The molecule has 2 aliphatic rings. The van der Waals surface area contributed by atoms with E-state index in [2.05, 4.69) is 10.3 Å². The number of aromatic nitrogens is 2. The van der Waals surface area contributed by atoms with Crippen molar-refractivity contribution in [3.8, 4) is 5.69 Å². The van der Waals surface area contributed by atoms with Crippen LogP contribution in [0, 0.1) is 18.7 Å². The van der Waals surface area contributed by atoms with Gasteiger partial charge in [0.05, 0.1) is 31.7 Å². The van der Waals surface area contributed by atoms with Crippen molar-refractivity contribution in [2.75, 3.05) is 13.1 Å². The molecule has 0 unspecified atom stereocenters. The van der Waals surface area contributed by atoms with Crippen LogP contribution in [-0.4, -0.2) is 73.7 Å². The molecule has 2 amide bonds. The maximum absolute atomic E-state index is 15.2. The third-order valence-corrected chi connectivity index (χ3v) is 8.43. The second-order valence-electron chi connectivity index (χ2n) is 11.8. The van der Waals surface area contributed by atoms with Gasteiger partial charge in [0.1, 0.15) is 5.82 Å². The number of rotatable bonds is 7. The van der Waals surface area contributed by atoms with Gasteiger partial charge in [0.15, 0.2) is 5.78 Å². The fourth-order valence-electron chi connectivity index (χ4n) is 6.29. The Kier molecular flexibility index (Phi) is 4.85. The molecule has 9 heteroatoms. The van der Waals surface area contributed by atoms with E-state index in [0.717, 1.165) is 18.6 Å². The van der Waals surface area contributed by atoms with Gasteiger partial charge in [-0.1, -0.05) is 0 Å². The summed E-state index contributed by atoms with van der Waals surface area (Å²) in [5, 5.41) is 3.66. The van der Waals surface area contributed by atoms with Crippen molar-refractivity contribution in [1.29, 1.82) is 0 Å². The molecule has 8 nitrogen and oxygen atoms in total. The Morgan fingerprint density at radius 3 is 2.44 bits per heavy atom. The summed E-state index contributed by atoms with van der Waals surface area (Å²) in [6, 6.07) is -5.31. The van der Waals surface area contributed by atoms with Gasteiger partial charge >= 0.3 is 0 Å². The first-order valence-electron chi connectivity index (χ1n) is 21.1. The van der Waals surface area contributed by atoms with Crippen LogP contribution in [0.1, 0.15) is 113 Å². The molecule has 0 spiro atoms. The molecule has 230 valence electrons. The number of carbonyl (C=O) groups excluding carboxylic acids is 3. The molecule has 2 aliphatic heterocycles. The van der Waals surface area contributed by atoms with E-state index in [1.54, 1.807) is 4.90 Å². The predicted molar refractivity (Wildman–Crippen MR) is 166 cm³/mol. The van der Waals surface area contributed by atoms with E-state index in [1.807, 2.05) is 13.8 Å². The molecule has 1 aromatic carbocycles. The number of pyridine rings is 1. The fourth-order valence-corrected chi connectivity index (χ4v) is 6.29. The molecule has 2 saturated heterocycles. The number of Topliss-reactive ketones (excluding diaryl/α,β-unsaturated/α-hetero) is 1. The van der Waals surface area contributed by atoms with Crippen molar-refractivity contribution < 1.29 is 38.0 Å². The lowest BCUT2D eigenvalue weighted by Gasteiger charge is -2.33. The molecule has 2 aromatic heterocycles. The van der Waals surface area contributed by atoms with Gasteiger partial charge in [-0.3, -0.25) is 19.4 Å². The quantitative estimate of drug-likeness (QED) is 0.351. The van der Waals surface area contributed by atoms with Crippen LogP contribution in [0.3, 0.4) is 0 Å². The van der Waals surface area contributed by atoms with Crippen molar-refractivity contribution in [2.24, 2.45) is 5.92 Å². The van der Waals surface area contributed by atoms with Crippen molar-refractivity contribution in [2.45, 2.75) is 97.5 Å². The number of hydrogen-bond acceptors (Lipinski definition) is 5. The van der Waals surface area contributed by atoms with Crippen LogP contribution in [0.2, 0.25) is 0 Å². The van der Waals surface area contributed by atoms with E-state index in [-0.39, 0.29) is 40.0 Å². The Balaban J connectivity index is 1.66. The maximum atomic E-state index is 15.2. The second kappa shape index (κ2) is 11.8. The number of fused-ring (bicyclic) bond motifs is 1. The van der Waals surface area contributed by atoms with E-state index in [9.17, 15) is 14.4 Å². The Labute approximate surface area is 273 Å². The molecule has 3 aromatic rings. The first-order valence-corrected chi connectivity index (χ1v) is 14.1. The van der Waals surface area contributed by atoms with Crippen LogP contribution in [0.15, 0.2) is 36.7 Å². The fraction of sp³-hybridized carbons (Fsp3) is 0.529. The smallest absolute Gasteiger partial charge is 0.256 e. The number of ketones is 1. The van der Waals surface area contributed by atoms with Gasteiger partial charge in [-0.2, -0.15) is 0 Å². The minimum Gasteiger partial charge on any atom is -0.341 e. The standard InChI is InChI=1S/C34H44FN5O3/c1-20(2)39(21(3)4)32(42)26-18-24(35)8-9-28(26)40-22(5)30(25-11-15-36-19-29(25)40)31(41)23-12-16-38(17-13-23)33(43)27-10-14-34(6,7)37-27/h8-9,11,15,18-21,23,27,37H,10,12-14,16-17H2,1-7H3/t27-/m0/s1/i1D3,2D3,3D3,4D3,20D,21D. The third kappa shape index (κ3) is 5.84. The first kappa shape index (κ1) is 17.6. The number of carbonyl (C=O) groups is 3. The summed E-state index contributed by atoms with van der Waals surface area (Å²) in [6.45, 7) is -10.5. The molecular formula is C34H44FN5O3. The highest BCUT2D eigenvalue weighted by atomic mass is 19.1. The minimum atomic E-state index is -4.40. The first-order chi connectivity index (χ1) is 25.9. The number of hydrogen-bond donors (Lipinski definition) is 1. The summed E-state index contributed by atoms with van der Waals surface area (Å²) in [5.74, 6) is -4.22. The molecule has 1 N–H and O–H groups in total. The van der Waals surface area contributed by atoms with Crippen LogP contribution in [0.25, 0.3) is 16.6 Å². The van der Waals surface area contributed by atoms with Gasteiger partial charge in [0.25, 0.3) is 5.91 Å². The lowest BCUT2D eigenvalue weighted by atomic mass is 9.87. The average Bonchev–Trinajstić information content (AvgIpc) is 3.60. The lowest BCUT2D eigenvalue weighted by Crippen LogP contribution is -2.50. The molecule has 0 aliphatic carbocycles. The molecule has 5 rings (SSSR count). The van der Waals surface area contributed by atoms with Gasteiger partial charge in [0, 0.05) is 75.9 Å². The maximum Gasteiger partial charge on any atom is 0.256 e. The van der Waals surface area contributed by atoms with E-state index in [4.69, 9.17) is 19.2 Å². The van der Waals surface area contributed by atoms with E-state index < -0.39 is 73.2 Å². The van der Waals surface area contributed by atoms with Crippen molar-refractivity contribution >= 4 is 28.5 Å². The summed E-state index contributed by atoms with van der Waals surface area (Å²) in [7, 11) is 0. The van der Waals surface area contributed by atoms with Gasteiger partial charge < -0.3 is 19.7 Å². The number of benzene rings is 1. The number of piperidine rings is 1. The zero-order valence-corrected chi connectivity index (χ0v) is 24.3. The van der Waals surface area contributed by atoms with Gasteiger partial charge in [-0.25, -0.2) is 4.39 Å². The van der Waals surface area contributed by atoms with Crippen LogP contribution in [0.4, 0.5) is 4.39 Å². The Morgan fingerprint density at radius 1 is 1.12 bits per heavy atom. The van der Waals surface area contributed by atoms with Crippen molar-refractivity contribution in [1.82, 2.24) is 24.7 Å². The Morgan fingerprint density at radius 2 is 1.81 bits per heavy atom. The molecule has 43 heavy (non-hydrogen) atoms. The SMILES string of the molecule is [2H]C([2H])([2H])C([2H])(N(C(=O)c1cc(F)ccc1-n1c(C)c(C(=O)C2CCN(C(=O)[C@@H]3CCC(C)(C)N3)CC2)c2ccncc21)C([2H])(C([2H])([2H])[2H])C([2H])([2H])[2H])C([2H])([2H])[2H]. The summed E-state index contributed by atoms with van der Waals surface area (Å²) in [6.07, 6.45) is 4.85. The lowest BCUT2D eigenvalue weighted by molar-refractivity contribution is -0.134. The topological polar surface area (TPSA) is 87.5 Å². The number of likely N-dealkylation sites (tertiary alicyclic amines) is 1. The minimum absolute atomic E-state index is 0.0461. The Bertz CT molecular complexity index is 2000. The van der Waals surface area contributed by atoms with Gasteiger partial charge in [0.2, 0.25) is 5.91 Å². The predicted octanol–water partition coefficient (Wildman–Crippen LogP) is 5.68. The van der Waals surface area contributed by atoms with Crippen molar-refractivity contribution in [3.63, 3.8) is 0 Å². The van der Waals surface area contributed by atoms with Gasteiger partial charge in [-0.05, 0) is 98.1 Å². The number of amides is 2. The largest absolute Gasteiger partial charge is 0.341 e. The summed E-state index contributed by atoms with van der Waals surface area (Å²) < 4.78 is 131. The zero-order chi connectivity index (χ0) is 43.1. The van der Waals surface area contributed by atoms with E-state index in [0.29, 0.717) is 43.8 Å². The molecule has 0 saturated carbocycles. The number of halogens is 1. The van der Waals surface area contributed by atoms with E-state index >= 15 is 4.39 Å². The highest BCUT2D eigenvalue weighted by molar-refractivity contribution is 6.11. The molecule has 0 bridgehead atoms. The molecule has 2 fully saturated rings. The molecular weight excluding hydrogens is 545 g/mol. The molecule has 1 atom stereocenters. The normalized spacial score (nSPS) is 25.5.